The molecule has 12 aromatic rings. The molecular weight excluding hydrogens is 831 g/mol. The molecule has 0 atom stereocenters. The van der Waals surface area contributed by atoms with Gasteiger partial charge in [0, 0.05) is 44.0 Å². The highest BCUT2D eigenvalue weighted by molar-refractivity contribution is 6.12. The highest BCUT2D eigenvalue weighted by atomic mass is 15.0. The fourth-order valence-electron chi connectivity index (χ4n) is 9.59. The number of rotatable bonds is 7. The Morgan fingerprint density at radius 3 is 1.49 bits per heavy atom. The minimum Gasteiger partial charge on any atom is -0.309 e. The van der Waals surface area contributed by atoms with Crippen molar-refractivity contribution >= 4 is 55.0 Å². The minimum atomic E-state index is 0.424. The average molecular weight is 866 g/mol. The molecule has 0 bridgehead atoms. The molecular formula is C61H35N7. The number of nitrogens with zero attached hydrogens (tertiary/aromatic N) is 7. The summed E-state index contributed by atoms with van der Waals surface area (Å²) in [5.74, 6) is 0.424. The number of para-hydroxylation sites is 3. The molecule has 0 unspecified atom stereocenters. The quantitative estimate of drug-likeness (QED) is 0.150. The van der Waals surface area contributed by atoms with E-state index in [0.717, 1.165) is 50.2 Å². The molecule has 0 amide bonds. The monoisotopic (exact) mass is 865 g/mol. The van der Waals surface area contributed by atoms with Crippen LogP contribution in [-0.2, 0) is 0 Å². The zero-order valence-corrected chi connectivity index (χ0v) is 36.3. The van der Waals surface area contributed by atoms with Gasteiger partial charge in [0.05, 0.1) is 58.2 Å². The Morgan fingerprint density at radius 2 is 0.868 bits per heavy atom. The first-order valence-corrected chi connectivity index (χ1v) is 22.2. The third-order valence-corrected chi connectivity index (χ3v) is 12.8. The van der Waals surface area contributed by atoms with Crippen LogP contribution in [0.4, 0.5) is 11.4 Å². The normalized spacial score (nSPS) is 11.2. The standard InChI is InChI=1S/C61H35N7/c1-63-46-13-9-11-43(34-46)55-37-56(66-61(65-55)44-12-10-14-47(35-44)64-2)50-31-27-42(33-45(50)38-62)41-23-21-39(22-24-41)40-25-28-48(29-26-40)67-59-20-8-5-17-53(59)54-36-49(30-32-60(54)67)68-57-18-6-3-15-51(57)52-16-4-7-19-58(52)68/h3-37H. The van der Waals surface area contributed by atoms with Crippen LogP contribution in [0.25, 0.3) is 121 Å². The number of hydrogen-bond acceptors (Lipinski definition) is 3. The second-order valence-corrected chi connectivity index (χ2v) is 16.7. The summed E-state index contributed by atoms with van der Waals surface area (Å²) < 4.78 is 4.73. The highest BCUT2D eigenvalue weighted by Crippen LogP contribution is 2.38. The third kappa shape index (κ3) is 6.74. The summed E-state index contributed by atoms with van der Waals surface area (Å²) >= 11 is 0. The van der Waals surface area contributed by atoms with E-state index in [1.54, 1.807) is 24.3 Å². The van der Waals surface area contributed by atoms with Gasteiger partial charge in [-0.1, -0.05) is 140 Å². The van der Waals surface area contributed by atoms with Crippen molar-refractivity contribution < 1.29 is 0 Å². The first-order chi connectivity index (χ1) is 33.5. The Bertz CT molecular complexity index is 3990. The predicted octanol–water partition coefficient (Wildman–Crippen LogP) is 16.0. The molecule has 0 saturated carbocycles. The molecule has 3 aromatic heterocycles. The Balaban J connectivity index is 0.857. The van der Waals surface area contributed by atoms with E-state index < -0.39 is 0 Å². The Labute approximate surface area is 392 Å². The number of hydrogen-bond donors (Lipinski definition) is 0. The van der Waals surface area contributed by atoms with Crippen LogP contribution in [0.5, 0.6) is 0 Å². The smallest absolute Gasteiger partial charge is 0.187 e. The van der Waals surface area contributed by atoms with Gasteiger partial charge in [0.1, 0.15) is 0 Å². The molecule has 0 radical (unpaired) electrons. The molecule has 7 nitrogen and oxygen atoms in total. The Hall–Kier alpha value is -9.87. The number of aromatic nitrogens is 4. The first kappa shape index (κ1) is 39.7. The van der Waals surface area contributed by atoms with Gasteiger partial charge in [-0.15, -0.1) is 0 Å². The predicted molar refractivity (Wildman–Crippen MR) is 275 cm³/mol. The van der Waals surface area contributed by atoms with Crippen LogP contribution in [0, 0.1) is 24.5 Å². The molecule has 0 fully saturated rings. The van der Waals surface area contributed by atoms with Crippen molar-refractivity contribution in [3.05, 3.63) is 241 Å². The van der Waals surface area contributed by atoms with Gasteiger partial charge >= 0.3 is 0 Å². The Kier molecular flexibility index (Phi) is 9.51. The van der Waals surface area contributed by atoms with Gasteiger partial charge in [0.15, 0.2) is 17.2 Å². The van der Waals surface area contributed by atoms with E-state index in [-0.39, 0.29) is 0 Å². The fraction of sp³-hybridized carbons (Fsp3) is 0. The zero-order valence-electron chi connectivity index (χ0n) is 36.3. The second kappa shape index (κ2) is 16.3. The van der Waals surface area contributed by atoms with Gasteiger partial charge < -0.3 is 9.13 Å². The van der Waals surface area contributed by atoms with Crippen LogP contribution in [-0.4, -0.2) is 19.1 Å². The maximum absolute atomic E-state index is 10.5. The lowest BCUT2D eigenvalue weighted by Gasteiger charge is -2.12. The van der Waals surface area contributed by atoms with E-state index in [9.17, 15) is 5.26 Å². The highest BCUT2D eigenvalue weighted by Gasteiger charge is 2.18. The minimum absolute atomic E-state index is 0.424. The van der Waals surface area contributed by atoms with Crippen LogP contribution in [0.3, 0.4) is 0 Å². The third-order valence-electron chi connectivity index (χ3n) is 12.8. The topological polar surface area (TPSA) is 68.2 Å². The van der Waals surface area contributed by atoms with Crippen LogP contribution >= 0.6 is 0 Å². The van der Waals surface area contributed by atoms with Crippen molar-refractivity contribution in [2.24, 2.45) is 0 Å². The molecule has 0 aliphatic heterocycles. The van der Waals surface area contributed by atoms with Crippen LogP contribution in [0.15, 0.2) is 212 Å². The van der Waals surface area contributed by atoms with Crippen LogP contribution in [0.1, 0.15) is 5.56 Å². The van der Waals surface area contributed by atoms with Crippen LogP contribution in [0.2, 0.25) is 0 Å². The lowest BCUT2D eigenvalue weighted by atomic mass is 9.95. The maximum atomic E-state index is 10.5. The van der Waals surface area contributed by atoms with E-state index in [1.165, 1.54) is 32.6 Å². The fourth-order valence-corrected chi connectivity index (χ4v) is 9.59. The zero-order chi connectivity index (χ0) is 45.7. The van der Waals surface area contributed by atoms with Crippen LogP contribution < -0.4 is 0 Å². The molecule has 0 saturated heterocycles. The molecule has 0 aliphatic rings. The summed E-state index contributed by atoms with van der Waals surface area (Å²) in [5.41, 5.74) is 15.7. The van der Waals surface area contributed by atoms with Gasteiger partial charge in [-0.3, -0.25) is 0 Å². The largest absolute Gasteiger partial charge is 0.309 e. The summed E-state index contributed by atoms with van der Waals surface area (Å²) in [6.45, 7) is 15.1. The summed E-state index contributed by atoms with van der Waals surface area (Å²) in [5, 5.41) is 15.4. The van der Waals surface area contributed by atoms with Crippen molar-refractivity contribution in [1.29, 1.82) is 5.26 Å². The van der Waals surface area contributed by atoms with E-state index in [1.807, 2.05) is 48.5 Å². The summed E-state index contributed by atoms with van der Waals surface area (Å²) in [4.78, 5) is 17.0. The Morgan fingerprint density at radius 1 is 0.382 bits per heavy atom. The summed E-state index contributed by atoms with van der Waals surface area (Å²) in [6, 6.07) is 74.5. The lowest BCUT2D eigenvalue weighted by Crippen LogP contribution is -1.97. The first-order valence-electron chi connectivity index (χ1n) is 22.2. The van der Waals surface area contributed by atoms with E-state index in [0.29, 0.717) is 45.3 Å². The van der Waals surface area contributed by atoms with Crippen molar-refractivity contribution in [3.63, 3.8) is 0 Å². The van der Waals surface area contributed by atoms with Gasteiger partial charge in [-0.05, 0) is 101 Å². The number of nitriles is 1. The van der Waals surface area contributed by atoms with E-state index in [2.05, 4.69) is 164 Å². The van der Waals surface area contributed by atoms with Gasteiger partial charge in [0.2, 0.25) is 0 Å². The molecule has 3 heterocycles. The van der Waals surface area contributed by atoms with Crippen molar-refractivity contribution in [2.75, 3.05) is 0 Å². The molecule has 0 spiro atoms. The number of benzene rings is 9. The maximum Gasteiger partial charge on any atom is 0.187 e. The van der Waals surface area contributed by atoms with Crippen molar-refractivity contribution in [3.8, 4) is 73.6 Å². The molecule has 68 heavy (non-hydrogen) atoms. The summed E-state index contributed by atoms with van der Waals surface area (Å²) in [6.07, 6.45) is 0. The van der Waals surface area contributed by atoms with E-state index in [4.69, 9.17) is 23.1 Å². The SMILES string of the molecule is [C-]#[N+]c1cccc(-c2cc(-c3ccc(-c4ccc(-c5ccc(-n6c7ccccc7c7cc(-n8c9ccccc9c9ccccc98)ccc76)cc5)cc4)cc3C#N)nc(-c3cccc([N+]#[C-])c3)n2)c1. The number of fused-ring (bicyclic) bond motifs is 6. The van der Waals surface area contributed by atoms with Gasteiger partial charge in [-0.25, -0.2) is 19.7 Å². The molecule has 9 aromatic carbocycles. The average Bonchev–Trinajstić information content (AvgIpc) is 3.93. The van der Waals surface area contributed by atoms with E-state index >= 15 is 0 Å². The molecule has 0 aliphatic carbocycles. The molecule has 7 heteroatoms. The van der Waals surface area contributed by atoms with Crippen molar-refractivity contribution in [2.45, 2.75) is 0 Å². The van der Waals surface area contributed by atoms with Gasteiger partial charge in [-0.2, -0.15) is 5.26 Å². The lowest BCUT2D eigenvalue weighted by molar-refractivity contribution is 1.17. The second-order valence-electron chi connectivity index (χ2n) is 16.7. The van der Waals surface area contributed by atoms with Gasteiger partial charge in [0.25, 0.3) is 0 Å². The van der Waals surface area contributed by atoms with Crippen molar-refractivity contribution in [1.82, 2.24) is 19.1 Å². The molecule has 314 valence electrons. The molecule has 12 rings (SSSR count). The summed E-state index contributed by atoms with van der Waals surface area (Å²) in [7, 11) is 0. The molecule has 0 N–H and O–H groups in total.